The first kappa shape index (κ1) is 18.3. The van der Waals surface area contributed by atoms with Crippen LogP contribution in [0.3, 0.4) is 0 Å². The van der Waals surface area contributed by atoms with E-state index in [1.165, 1.54) is 5.56 Å². The summed E-state index contributed by atoms with van der Waals surface area (Å²) in [7, 11) is 0. The maximum atomic E-state index is 10.3. The van der Waals surface area contributed by atoms with Gasteiger partial charge in [0, 0.05) is 58.1 Å². The van der Waals surface area contributed by atoms with Crippen LogP contribution in [-0.4, -0.2) is 81.7 Å². The van der Waals surface area contributed by atoms with Crippen molar-refractivity contribution in [1.29, 1.82) is 0 Å². The summed E-state index contributed by atoms with van der Waals surface area (Å²) in [6.45, 7) is 7.23. The third kappa shape index (κ3) is 3.60. The van der Waals surface area contributed by atoms with E-state index in [-0.39, 0.29) is 11.6 Å². The standard InChI is InChI=1S/C23H30N4O/c28-22-12-21-14-25(11-9-19-6-2-1-3-7-19)16-23(27(21)15-22)17-26(18-23)13-20-8-4-5-10-24-20/h1-8,10,21-22,28H,9,11-18H2/t21-,22+/m0/s1. The van der Waals surface area contributed by atoms with Crippen LogP contribution in [0.25, 0.3) is 0 Å². The van der Waals surface area contributed by atoms with Crippen LogP contribution in [0, 0.1) is 0 Å². The summed E-state index contributed by atoms with van der Waals surface area (Å²) in [6.07, 6.45) is 3.73. The van der Waals surface area contributed by atoms with E-state index in [1.54, 1.807) is 0 Å². The first-order valence-corrected chi connectivity index (χ1v) is 10.5. The molecule has 0 amide bonds. The lowest BCUT2D eigenvalue weighted by Crippen LogP contribution is -2.77. The molecule has 28 heavy (non-hydrogen) atoms. The van der Waals surface area contributed by atoms with Crippen molar-refractivity contribution in [2.45, 2.75) is 37.1 Å². The van der Waals surface area contributed by atoms with Crippen LogP contribution in [0.15, 0.2) is 54.7 Å². The van der Waals surface area contributed by atoms with Gasteiger partial charge in [-0.25, -0.2) is 0 Å². The smallest absolute Gasteiger partial charge is 0.0682 e. The van der Waals surface area contributed by atoms with E-state index in [4.69, 9.17) is 0 Å². The second-order valence-corrected chi connectivity index (χ2v) is 8.86. The van der Waals surface area contributed by atoms with E-state index in [0.29, 0.717) is 6.04 Å². The van der Waals surface area contributed by atoms with Gasteiger partial charge in [-0.1, -0.05) is 36.4 Å². The number of fused-ring (bicyclic) bond motifs is 2. The Kier molecular flexibility index (Phi) is 4.93. The minimum atomic E-state index is -0.166. The second kappa shape index (κ2) is 7.56. The molecule has 3 fully saturated rings. The molecule has 0 bridgehead atoms. The van der Waals surface area contributed by atoms with E-state index >= 15 is 0 Å². The number of hydrogen-bond donors (Lipinski definition) is 1. The van der Waals surface area contributed by atoms with Gasteiger partial charge < -0.3 is 5.11 Å². The topological polar surface area (TPSA) is 42.8 Å². The van der Waals surface area contributed by atoms with Crippen LogP contribution in [-0.2, 0) is 13.0 Å². The van der Waals surface area contributed by atoms with Crippen molar-refractivity contribution in [2.24, 2.45) is 0 Å². The maximum absolute atomic E-state index is 10.3. The molecule has 2 aromatic rings. The molecule has 0 unspecified atom stereocenters. The number of nitrogens with zero attached hydrogens (tertiary/aromatic N) is 4. The molecule has 1 aromatic carbocycles. The lowest BCUT2D eigenvalue weighted by Gasteiger charge is -2.61. The van der Waals surface area contributed by atoms with E-state index in [2.05, 4.69) is 62.1 Å². The lowest BCUT2D eigenvalue weighted by atomic mass is 9.83. The van der Waals surface area contributed by atoms with E-state index in [1.807, 2.05) is 12.3 Å². The summed E-state index contributed by atoms with van der Waals surface area (Å²) in [6, 6.07) is 17.4. The number of piperazine rings is 1. The molecule has 0 aliphatic carbocycles. The van der Waals surface area contributed by atoms with Gasteiger partial charge in [0.15, 0.2) is 0 Å². The molecule has 5 rings (SSSR count). The number of aliphatic hydroxyl groups excluding tert-OH is 1. The van der Waals surface area contributed by atoms with E-state index in [0.717, 1.165) is 64.3 Å². The molecule has 3 aliphatic heterocycles. The fourth-order valence-corrected chi connectivity index (χ4v) is 5.52. The van der Waals surface area contributed by atoms with Crippen LogP contribution in [0.1, 0.15) is 17.7 Å². The molecular formula is C23H30N4O. The molecule has 0 radical (unpaired) electrons. The Morgan fingerprint density at radius 1 is 0.964 bits per heavy atom. The van der Waals surface area contributed by atoms with Gasteiger partial charge in [0.1, 0.15) is 0 Å². The largest absolute Gasteiger partial charge is 0.392 e. The number of rotatable bonds is 5. The summed E-state index contributed by atoms with van der Waals surface area (Å²) in [5.41, 5.74) is 2.76. The zero-order valence-electron chi connectivity index (χ0n) is 16.5. The van der Waals surface area contributed by atoms with Crippen LogP contribution in [0.4, 0.5) is 0 Å². The van der Waals surface area contributed by atoms with Gasteiger partial charge in [-0.15, -0.1) is 0 Å². The summed E-state index contributed by atoms with van der Waals surface area (Å²) in [5.74, 6) is 0. The Morgan fingerprint density at radius 2 is 1.75 bits per heavy atom. The highest BCUT2D eigenvalue weighted by atomic mass is 16.3. The van der Waals surface area contributed by atoms with Gasteiger partial charge in [-0.2, -0.15) is 0 Å². The predicted molar refractivity (Wildman–Crippen MR) is 110 cm³/mol. The number of β-amino-alcohol motifs (C(OH)–C–C–N with tert-alkyl or cyclic N) is 1. The fraction of sp³-hybridized carbons (Fsp3) is 0.522. The number of pyridine rings is 1. The Hall–Kier alpha value is -1.79. The van der Waals surface area contributed by atoms with Crippen molar-refractivity contribution >= 4 is 0 Å². The first-order valence-electron chi connectivity index (χ1n) is 10.5. The highest BCUT2D eigenvalue weighted by Gasteiger charge is 2.55. The van der Waals surface area contributed by atoms with Crippen molar-refractivity contribution in [1.82, 2.24) is 19.7 Å². The molecule has 4 heterocycles. The molecule has 2 atom stereocenters. The summed E-state index contributed by atoms with van der Waals surface area (Å²) < 4.78 is 0. The molecule has 1 aromatic heterocycles. The van der Waals surface area contributed by atoms with Crippen molar-refractivity contribution < 1.29 is 5.11 Å². The third-order valence-corrected chi connectivity index (χ3v) is 6.70. The van der Waals surface area contributed by atoms with Crippen molar-refractivity contribution in [2.75, 3.05) is 39.3 Å². The highest BCUT2D eigenvalue weighted by Crippen LogP contribution is 2.39. The molecule has 1 N–H and O–H groups in total. The normalized spacial score (nSPS) is 27.6. The highest BCUT2D eigenvalue weighted by molar-refractivity contribution is 5.17. The number of aromatic nitrogens is 1. The first-order chi connectivity index (χ1) is 13.7. The SMILES string of the molecule is O[C@@H]1C[C@H]2CN(CCc3ccccc3)CC3(CN(Cc4ccccn4)C3)N2C1. The second-order valence-electron chi connectivity index (χ2n) is 8.86. The lowest BCUT2D eigenvalue weighted by molar-refractivity contribution is -0.116. The Bertz CT molecular complexity index is 778. The quantitative estimate of drug-likeness (QED) is 0.857. The molecule has 5 heteroatoms. The van der Waals surface area contributed by atoms with Crippen LogP contribution in [0.2, 0.25) is 0 Å². The maximum Gasteiger partial charge on any atom is 0.0682 e. The van der Waals surface area contributed by atoms with Crippen LogP contribution < -0.4 is 0 Å². The summed E-state index contributed by atoms with van der Waals surface area (Å²) >= 11 is 0. The van der Waals surface area contributed by atoms with Crippen LogP contribution in [0.5, 0.6) is 0 Å². The van der Waals surface area contributed by atoms with E-state index in [9.17, 15) is 5.11 Å². The molecule has 3 saturated heterocycles. The predicted octanol–water partition coefficient (Wildman–Crippen LogP) is 1.63. The third-order valence-electron chi connectivity index (χ3n) is 6.70. The minimum absolute atomic E-state index is 0.166. The van der Waals surface area contributed by atoms with Gasteiger partial charge in [0.05, 0.1) is 17.3 Å². The van der Waals surface area contributed by atoms with Gasteiger partial charge in [0.2, 0.25) is 0 Å². The minimum Gasteiger partial charge on any atom is -0.392 e. The van der Waals surface area contributed by atoms with Crippen LogP contribution >= 0.6 is 0 Å². The Balaban J connectivity index is 1.25. The van der Waals surface area contributed by atoms with Gasteiger partial charge >= 0.3 is 0 Å². The number of hydrogen-bond acceptors (Lipinski definition) is 5. The average Bonchev–Trinajstić information content (AvgIpc) is 3.07. The fourth-order valence-electron chi connectivity index (χ4n) is 5.52. The van der Waals surface area contributed by atoms with Crippen molar-refractivity contribution in [3.63, 3.8) is 0 Å². The zero-order chi connectivity index (χ0) is 19.0. The zero-order valence-corrected chi connectivity index (χ0v) is 16.5. The number of likely N-dealkylation sites (tertiary alicyclic amines) is 1. The van der Waals surface area contributed by atoms with Gasteiger partial charge in [-0.05, 0) is 30.5 Å². The van der Waals surface area contributed by atoms with Crippen molar-refractivity contribution in [3.05, 3.63) is 66.0 Å². The Labute approximate surface area is 167 Å². The van der Waals surface area contributed by atoms with Gasteiger partial charge in [-0.3, -0.25) is 19.7 Å². The molecule has 1 spiro atoms. The number of aliphatic hydroxyl groups is 1. The van der Waals surface area contributed by atoms with E-state index < -0.39 is 0 Å². The Morgan fingerprint density at radius 3 is 2.54 bits per heavy atom. The monoisotopic (exact) mass is 378 g/mol. The molecule has 5 nitrogen and oxygen atoms in total. The van der Waals surface area contributed by atoms with Gasteiger partial charge in [0.25, 0.3) is 0 Å². The molecule has 148 valence electrons. The van der Waals surface area contributed by atoms with Crippen molar-refractivity contribution in [3.8, 4) is 0 Å². The molecule has 0 saturated carbocycles. The number of benzene rings is 1. The summed E-state index contributed by atoms with van der Waals surface area (Å²) in [5, 5.41) is 10.3. The molecular weight excluding hydrogens is 348 g/mol. The molecule has 3 aliphatic rings. The average molecular weight is 379 g/mol. The summed E-state index contributed by atoms with van der Waals surface area (Å²) in [4.78, 5) is 12.3.